The Labute approximate surface area is 95.8 Å². The molecule has 0 unspecified atom stereocenters. The number of benzene rings is 1. The van der Waals surface area contributed by atoms with E-state index in [1.54, 1.807) is 11.1 Å². The van der Waals surface area contributed by atoms with Crippen LogP contribution in [0.2, 0.25) is 0 Å². The van der Waals surface area contributed by atoms with Crippen molar-refractivity contribution in [3.8, 4) is 0 Å². The van der Waals surface area contributed by atoms with E-state index < -0.39 is 0 Å². The Morgan fingerprint density at radius 1 is 1.44 bits per heavy atom. The van der Waals surface area contributed by atoms with Crippen molar-refractivity contribution in [1.29, 1.82) is 0 Å². The minimum Gasteiger partial charge on any atom is -0.315 e. The molecule has 0 spiro atoms. The summed E-state index contributed by atoms with van der Waals surface area (Å²) >= 11 is 0. The first kappa shape index (κ1) is 10.7. The maximum Gasteiger partial charge on any atom is 0.325 e. The molecular weight excluding hydrogens is 200 g/mol. The zero-order chi connectivity index (χ0) is 11.4. The average molecular weight is 216 g/mol. The van der Waals surface area contributed by atoms with Gasteiger partial charge in [-0.1, -0.05) is 24.3 Å². The molecule has 3 heteroatoms. The number of aryl methyl sites for hydroxylation is 1. The maximum absolute atomic E-state index is 11.9. The van der Waals surface area contributed by atoms with Gasteiger partial charge in [-0.15, -0.1) is 0 Å². The molecule has 3 nitrogen and oxygen atoms in total. The van der Waals surface area contributed by atoms with Gasteiger partial charge >= 0.3 is 6.03 Å². The molecule has 0 bridgehead atoms. The molecule has 84 valence electrons. The molecule has 1 aliphatic heterocycles. The van der Waals surface area contributed by atoms with Crippen LogP contribution in [0.3, 0.4) is 0 Å². The number of allylic oxidation sites excluding steroid dienone is 1. The summed E-state index contributed by atoms with van der Waals surface area (Å²) in [6.45, 7) is 2.67. The predicted octanol–water partition coefficient (Wildman–Crippen LogP) is 2.68. The summed E-state index contributed by atoms with van der Waals surface area (Å²) in [6.07, 6.45) is 5.57. The van der Waals surface area contributed by atoms with Gasteiger partial charge < -0.3 is 5.32 Å². The van der Waals surface area contributed by atoms with Gasteiger partial charge in [-0.2, -0.15) is 0 Å². The van der Waals surface area contributed by atoms with E-state index in [1.165, 1.54) is 5.56 Å². The Hall–Kier alpha value is -1.77. The Bertz CT molecular complexity index is 412. The largest absolute Gasteiger partial charge is 0.325 e. The summed E-state index contributed by atoms with van der Waals surface area (Å²) in [7, 11) is 0. The molecule has 0 fully saturated rings. The van der Waals surface area contributed by atoms with Gasteiger partial charge in [-0.25, -0.2) is 4.79 Å². The van der Waals surface area contributed by atoms with Crippen molar-refractivity contribution in [1.82, 2.24) is 5.32 Å². The van der Waals surface area contributed by atoms with E-state index in [0.29, 0.717) is 0 Å². The second kappa shape index (κ2) is 4.84. The molecule has 0 atom stereocenters. The maximum atomic E-state index is 11.9. The van der Waals surface area contributed by atoms with Crippen LogP contribution in [0, 0.1) is 0 Å². The van der Waals surface area contributed by atoms with Gasteiger partial charge in [-0.05, 0) is 31.4 Å². The van der Waals surface area contributed by atoms with Gasteiger partial charge in [0.1, 0.15) is 0 Å². The molecule has 16 heavy (non-hydrogen) atoms. The number of amides is 2. The number of hydrogen-bond acceptors (Lipinski definition) is 1. The number of fused-ring (bicyclic) bond motifs is 1. The molecule has 0 saturated carbocycles. The standard InChI is InChI=1S/C13H16N2O/c1-2-9-14-13(16)15-10-5-7-11-6-3-4-8-12(11)15/h2-4,6,8-9H,5,7,10H2,1H3,(H,14,16)/b9-2+. The lowest BCUT2D eigenvalue weighted by atomic mass is 10.0. The third-order valence-corrected chi connectivity index (χ3v) is 2.73. The van der Waals surface area contributed by atoms with E-state index in [0.717, 1.165) is 25.1 Å². The second-order valence-electron chi connectivity index (χ2n) is 3.83. The van der Waals surface area contributed by atoms with E-state index in [9.17, 15) is 4.79 Å². The fraction of sp³-hybridized carbons (Fsp3) is 0.308. The summed E-state index contributed by atoms with van der Waals surface area (Å²) in [5, 5.41) is 2.75. The number of para-hydroxylation sites is 1. The fourth-order valence-corrected chi connectivity index (χ4v) is 1.98. The van der Waals surface area contributed by atoms with Crippen molar-refractivity contribution in [3.63, 3.8) is 0 Å². The number of anilines is 1. The Morgan fingerprint density at radius 2 is 2.25 bits per heavy atom. The van der Waals surface area contributed by atoms with Crippen molar-refractivity contribution in [3.05, 3.63) is 42.1 Å². The highest BCUT2D eigenvalue weighted by molar-refractivity contribution is 5.93. The Balaban J connectivity index is 2.21. The SMILES string of the molecule is C/C=C/NC(=O)N1CCCc2ccccc21. The smallest absolute Gasteiger partial charge is 0.315 e. The third-order valence-electron chi connectivity index (χ3n) is 2.73. The van der Waals surface area contributed by atoms with E-state index in [1.807, 2.05) is 31.2 Å². The minimum absolute atomic E-state index is 0.0507. The van der Waals surface area contributed by atoms with Crippen LogP contribution in [-0.2, 0) is 6.42 Å². The monoisotopic (exact) mass is 216 g/mol. The molecule has 1 N–H and O–H groups in total. The summed E-state index contributed by atoms with van der Waals surface area (Å²) in [6, 6.07) is 8.03. The van der Waals surface area contributed by atoms with Crippen LogP contribution < -0.4 is 10.2 Å². The van der Waals surface area contributed by atoms with Crippen LogP contribution in [-0.4, -0.2) is 12.6 Å². The molecule has 1 heterocycles. The molecule has 0 radical (unpaired) electrons. The molecule has 0 saturated heterocycles. The van der Waals surface area contributed by atoms with Crippen LogP contribution in [0.15, 0.2) is 36.5 Å². The van der Waals surface area contributed by atoms with Crippen molar-refractivity contribution >= 4 is 11.7 Å². The van der Waals surface area contributed by atoms with Crippen LogP contribution in [0.25, 0.3) is 0 Å². The first-order valence-electron chi connectivity index (χ1n) is 5.60. The molecule has 0 aliphatic carbocycles. The molecule has 1 aromatic carbocycles. The quantitative estimate of drug-likeness (QED) is 0.769. The minimum atomic E-state index is -0.0507. The van der Waals surface area contributed by atoms with Gasteiger partial charge in [-0.3, -0.25) is 4.90 Å². The molecule has 0 aromatic heterocycles. The predicted molar refractivity (Wildman–Crippen MR) is 65.5 cm³/mol. The summed E-state index contributed by atoms with van der Waals surface area (Å²) in [4.78, 5) is 13.7. The van der Waals surface area contributed by atoms with Crippen LogP contribution in [0.4, 0.5) is 10.5 Å². The van der Waals surface area contributed by atoms with Gasteiger partial charge in [0.15, 0.2) is 0 Å². The number of nitrogens with zero attached hydrogens (tertiary/aromatic N) is 1. The number of carbonyl (C=O) groups is 1. The Kier molecular flexibility index (Phi) is 3.25. The average Bonchev–Trinajstić information content (AvgIpc) is 2.35. The van der Waals surface area contributed by atoms with Gasteiger partial charge in [0.2, 0.25) is 0 Å². The van der Waals surface area contributed by atoms with Crippen LogP contribution in [0.1, 0.15) is 18.9 Å². The van der Waals surface area contributed by atoms with Gasteiger partial charge in [0.25, 0.3) is 0 Å². The van der Waals surface area contributed by atoms with E-state index in [2.05, 4.69) is 11.4 Å². The molecule has 2 rings (SSSR count). The normalized spacial score (nSPS) is 14.9. The topological polar surface area (TPSA) is 32.3 Å². The zero-order valence-corrected chi connectivity index (χ0v) is 9.44. The third kappa shape index (κ3) is 2.08. The lowest BCUT2D eigenvalue weighted by Gasteiger charge is -2.28. The highest BCUT2D eigenvalue weighted by Gasteiger charge is 2.20. The highest BCUT2D eigenvalue weighted by atomic mass is 16.2. The highest BCUT2D eigenvalue weighted by Crippen LogP contribution is 2.26. The van der Waals surface area contributed by atoms with E-state index in [4.69, 9.17) is 0 Å². The van der Waals surface area contributed by atoms with E-state index in [-0.39, 0.29) is 6.03 Å². The number of urea groups is 1. The lowest BCUT2D eigenvalue weighted by molar-refractivity contribution is 0.249. The van der Waals surface area contributed by atoms with E-state index >= 15 is 0 Å². The van der Waals surface area contributed by atoms with Crippen molar-refractivity contribution in [2.45, 2.75) is 19.8 Å². The van der Waals surface area contributed by atoms with Crippen molar-refractivity contribution in [2.24, 2.45) is 0 Å². The summed E-state index contributed by atoms with van der Waals surface area (Å²) in [5.41, 5.74) is 2.29. The first-order valence-corrected chi connectivity index (χ1v) is 5.60. The van der Waals surface area contributed by atoms with Crippen molar-refractivity contribution in [2.75, 3.05) is 11.4 Å². The molecule has 1 aromatic rings. The summed E-state index contributed by atoms with van der Waals surface area (Å²) < 4.78 is 0. The Morgan fingerprint density at radius 3 is 3.06 bits per heavy atom. The number of rotatable bonds is 1. The molecule has 1 aliphatic rings. The fourth-order valence-electron chi connectivity index (χ4n) is 1.98. The zero-order valence-electron chi connectivity index (χ0n) is 9.44. The lowest BCUT2D eigenvalue weighted by Crippen LogP contribution is -2.40. The molecular formula is C13H16N2O. The van der Waals surface area contributed by atoms with Crippen molar-refractivity contribution < 1.29 is 4.79 Å². The first-order chi connectivity index (χ1) is 7.83. The van der Waals surface area contributed by atoms with Crippen LogP contribution >= 0.6 is 0 Å². The van der Waals surface area contributed by atoms with Gasteiger partial charge in [0, 0.05) is 18.4 Å². The second-order valence-corrected chi connectivity index (χ2v) is 3.83. The number of hydrogen-bond donors (Lipinski definition) is 1. The number of carbonyl (C=O) groups excluding carboxylic acids is 1. The number of nitrogens with one attached hydrogen (secondary N) is 1. The molecule has 2 amide bonds. The summed E-state index contributed by atoms with van der Waals surface area (Å²) in [5.74, 6) is 0. The van der Waals surface area contributed by atoms with Crippen LogP contribution in [0.5, 0.6) is 0 Å². The van der Waals surface area contributed by atoms with Gasteiger partial charge in [0.05, 0.1) is 0 Å².